The van der Waals surface area contributed by atoms with Crippen LogP contribution in [-0.4, -0.2) is 28.6 Å². The average Bonchev–Trinajstić information content (AvgIpc) is 3.00. The highest BCUT2D eigenvalue weighted by Gasteiger charge is 2.26. The number of hydrogen-bond acceptors (Lipinski definition) is 4. The van der Waals surface area contributed by atoms with Crippen molar-refractivity contribution in [3.05, 3.63) is 11.1 Å². The second-order valence-electron chi connectivity index (χ2n) is 3.88. The summed E-state index contributed by atoms with van der Waals surface area (Å²) < 4.78 is 0. The number of carbonyl (C=O) groups excluding carboxylic acids is 1. The Morgan fingerprint density at radius 2 is 2.29 bits per heavy atom. The molecule has 0 atom stereocenters. The van der Waals surface area contributed by atoms with Gasteiger partial charge in [0, 0.05) is 17.8 Å². The number of anilines is 1. The van der Waals surface area contributed by atoms with Crippen LogP contribution in [0.4, 0.5) is 9.93 Å². The molecule has 1 aromatic heterocycles. The predicted octanol–water partition coefficient (Wildman–Crippen LogP) is 1.62. The van der Waals surface area contributed by atoms with Crippen LogP contribution < -0.4 is 10.6 Å². The van der Waals surface area contributed by atoms with Crippen molar-refractivity contribution in [3.63, 3.8) is 0 Å². The standard InChI is InChI=1S/C10H13N3O3S/c14-8(15)3-4-11-9(16)13-10-12-7(5-17-10)6-1-2-6/h5-6H,1-4H2,(H,14,15)(H2,11,12,13,16). The maximum Gasteiger partial charge on any atom is 0.321 e. The van der Waals surface area contributed by atoms with Gasteiger partial charge in [-0.05, 0) is 12.8 Å². The largest absolute Gasteiger partial charge is 0.481 e. The summed E-state index contributed by atoms with van der Waals surface area (Å²) in [5.74, 6) is -0.368. The second kappa shape index (κ2) is 5.13. The Kier molecular flexibility index (Phi) is 3.58. The Hall–Kier alpha value is -1.63. The summed E-state index contributed by atoms with van der Waals surface area (Å²) in [6.45, 7) is 0.113. The van der Waals surface area contributed by atoms with E-state index < -0.39 is 12.0 Å². The van der Waals surface area contributed by atoms with Crippen molar-refractivity contribution < 1.29 is 14.7 Å². The molecule has 6 nitrogen and oxygen atoms in total. The maximum atomic E-state index is 11.3. The van der Waals surface area contributed by atoms with Gasteiger partial charge in [-0.3, -0.25) is 10.1 Å². The van der Waals surface area contributed by atoms with E-state index in [0.29, 0.717) is 11.0 Å². The fraction of sp³-hybridized carbons (Fsp3) is 0.500. The van der Waals surface area contributed by atoms with Crippen LogP contribution in [0.5, 0.6) is 0 Å². The normalized spacial score (nSPS) is 14.4. The molecule has 1 saturated carbocycles. The van der Waals surface area contributed by atoms with E-state index in [2.05, 4.69) is 15.6 Å². The molecular weight excluding hydrogens is 242 g/mol. The molecule has 17 heavy (non-hydrogen) atoms. The lowest BCUT2D eigenvalue weighted by molar-refractivity contribution is -0.136. The SMILES string of the molecule is O=C(O)CCNC(=O)Nc1nc(C2CC2)cs1. The molecule has 2 amide bonds. The highest BCUT2D eigenvalue weighted by molar-refractivity contribution is 7.13. The van der Waals surface area contributed by atoms with E-state index >= 15 is 0 Å². The molecule has 1 aromatic rings. The highest BCUT2D eigenvalue weighted by atomic mass is 32.1. The molecule has 92 valence electrons. The zero-order valence-electron chi connectivity index (χ0n) is 9.10. The fourth-order valence-corrected chi connectivity index (χ4v) is 2.12. The van der Waals surface area contributed by atoms with Gasteiger partial charge in [0.1, 0.15) is 0 Å². The van der Waals surface area contributed by atoms with Crippen molar-refractivity contribution in [1.82, 2.24) is 10.3 Å². The summed E-state index contributed by atoms with van der Waals surface area (Å²) in [6.07, 6.45) is 2.26. The maximum absolute atomic E-state index is 11.3. The van der Waals surface area contributed by atoms with Gasteiger partial charge in [0.15, 0.2) is 5.13 Å². The van der Waals surface area contributed by atoms with Crippen molar-refractivity contribution in [2.24, 2.45) is 0 Å². The molecule has 0 unspecified atom stereocenters. The van der Waals surface area contributed by atoms with E-state index in [4.69, 9.17) is 5.11 Å². The van der Waals surface area contributed by atoms with Gasteiger partial charge in [-0.2, -0.15) is 0 Å². The number of hydrogen-bond donors (Lipinski definition) is 3. The lowest BCUT2D eigenvalue weighted by Gasteiger charge is -2.02. The third-order valence-electron chi connectivity index (χ3n) is 2.36. The molecular formula is C10H13N3O3S. The number of nitrogens with zero attached hydrogens (tertiary/aromatic N) is 1. The van der Waals surface area contributed by atoms with Crippen LogP contribution in [0.15, 0.2) is 5.38 Å². The van der Waals surface area contributed by atoms with Gasteiger partial charge in [0.25, 0.3) is 0 Å². The lowest BCUT2D eigenvalue weighted by Crippen LogP contribution is -2.30. The van der Waals surface area contributed by atoms with E-state index in [0.717, 1.165) is 5.69 Å². The zero-order valence-corrected chi connectivity index (χ0v) is 9.92. The van der Waals surface area contributed by atoms with Crippen LogP contribution >= 0.6 is 11.3 Å². The van der Waals surface area contributed by atoms with Gasteiger partial charge in [-0.25, -0.2) is 9.78 Å². The minimum absolute atomic E-state index is 0.0847. The van der Waals surface area contributed by atoms with E-state index in [-0.39, 0.29) is 13.0 Å². The van der Waals surface area contributed by atoms with Gasteiger partial charge >= 0.3 is 12.0 Å². The van der Waals surface area contributed by atoms with Crippen molar-refractivity contribution in [2.75, 3.05) is 11.9 Å². The number of nitrogens with one attached hydrogen (secondary N) is 2. The number of rotatable bonds is 5. The Balaban J connectivity index is 1.74. The van der Waals surface area contributed by atoms with Crippen molar-refractivity contribution in [2.45, 2.75) is 25.2 Å². The number of carbonyl (C=O) groups is 2. The number of carboxylic acids is 1. The van der Waals surface area contributed by atoms with Crippen molar-refractivity contribution >= 4 is 28.5 Å². The summed E-state index contributed by atoms with van der Waals surface area (Å²) in [4.78, 5) is 25.9. The first-order chi connectivity index (χ1) is 8.15. The number of aliphatic carboxylic acids is 1. The number of urea groups is 1. The minimum Gasteiger partial charge on any atom is -0.481 e. The third kappa shape index (κ3) is 3.70. The predicted molar refractivity (Wildman–Crippen MR) is 63.4 cm³/mol. The Bertz CT molecular complexity index is 428. The molecule has 0 aliphatic heterocycles. The second-order valence-corrected chi connectivity index (χ2v) is 4.73. The smallest absolute Gasteiger partial charge is 0.321 e. The van der Waals surface area contributed by atoms with Gasteiger partial charge in [0.2, 0.25) is 0 Å². The molecule has 3 N–H and O–H groups in total. The van der Waals surface area contributed by atoms with E-state index in [1.54, 1.807) is 0 Å². The molecule has 2 rings (SSSR count). The highest BCUT2D eigenvalue weighted by Crippen LogP contribution is 2.40. The summed E-state index contributed by atoms with van der Waals surface area (Å²) in [6, 6.07) is -0.414. The molecule has 0 radical (unpaired) electrons. The minimum atomic E-state index is -0.935. The van der Waals surface area contributed by atoms with Gasteiger partial charge < -0.3 is 10.4 Å². The fourth-order valence-electron chi connectivity index (χ4n) is 1.33. The quantitative estimate of drug-likeness (QED) is 0.745. The van der Waals surface area contributed by atoms with Crippen LogP contribution in [0, 0.1) is 0 Å². The lowest BCUT2D eigenvalue weighted by atomic mass is 10.3. The first kappa shape index (κ1) is 11.8. The molecule has 0 bridgehead atoms. The molecule has 0 aromatic carbocycles. The molecule has 0 saturated heterocycles. The van der Waals surface area contributed by atoms with Crippen LogP contribution in [0.2, 0.25) is 0 Å². The summed E-state index contributed by atoms with van der Waals surface area (Å²) >= 11 is 1.39. The number of amides is 2. The van der Waals surface area contributed by atoms with Crippen LogP contribution in [-0.2, 0) is 4.79 Å². The van der Waals surface area contributed by atoms with E-state index in [9.17, 15) is 9.59 Å². The summed E-state index contributed by atoms with van der Waals surface area (Å²) in [5, 5.41) is 15.9. The van der Waals surface area contributed by atoms with Crippen LogP contribution in [0.3, 0.4) is 0 Å². The first-order valence-electron chi connectivity index (χ1n) is 5.37. The van der Waals surface area contributed by atoms with Gasteiger partial charge in [-0.15, -0.1) is 11.3 Å². The number of carboxylic acid groups (broad SMARTS) is 1. The molecule has 1 heterocycles. The van der Waals surface area contributed by atoms with E-state index in [1.165, 1.54) is 24.2 Å². The van der Waals surface area contributed by atoms with Crippen LogP contribution in [0.1, 0.15) is 30.9 Å². The van der Waals surface area contributed by atoms with Crippen molar-refractivity contribution in [1.29, 1.82) is 0 Å². The molecule has 7 heteroatoms. The van der Waals surface area contributed by atoms with Crippen molar-refractivity contribution in [3.8, 4) is 0 Å². The van der Waals surface area contributed by atoms with Gasteiger partial charge in [-0.1, -0.05) is 0 Å². The first-order valence-corrected chi connectivity index (χ1v) is 6.25. The van der Waals surface area contributed by atoms with Gasteiger partial charge in [0.05, 0.1) is 12.1 Å². The zero-order chi connectivity index (χ0) is 12.3. The van der Waals surface area contributed by atoms with E-state index in [1.807, 2.05) is 5.38 Å². The number of thiazole rings is 1. The molecule has 1 fully saturated rings. The topological polar surface area (TPSA) is 91.3 Å². The third-order valence-corrected chi connectivity index (χ3v) is 3.14. The molecule has 1 aliphatic rings. The Morgan fingerprint density at radius 3 is 2.94 bits per heavy atom. The Morgan fingerprint density at radius 1 is 1.53 bits per heavy atom. The molecule has 0 spiro atoms. The summed E-state index contributed by atoms with van der Waals surface area (Å²) in [7, 11) is 0. The summed E-state index contributed by atoms with van der Waals surface area (Å²) in [5.41, 5.74) is 1.04. The average molecular weight is 255 g/mol. The monoisotopic (exact) mass is 255 g/mol. The van der Waals surface area contributed by atoms with Crippen LogP contribution in [0.25, 0.3) is 0 Å². The number of aromatic nitrogens is 1. The molecule has 1 aliphatic carbocycles. The Labute approximate surface area is 102 Å².